The van der Waals surface area contributed by atoms with Crippen LogP contribution in [0.2, 0.25) is 0 Å². The van der Waals surface area contributed by atoms with Crippen molar-refractivity contribution in [3.05, 3.63) is 59.3 Å². The quantitative estimate of drug-likeness (QED) is 0.643. The molecule has 27 heavy (non-hydrogen) atoms. The predicted molar refractivity (Wildman–Crippen MR) is 98.2 cm³/mol. The molecule has 0 unspecified atom stereocenters. The zero-order valence-electron chi connectivity index (χ0n) is 14.7. The number of nitrogens with zero attached hydrogens (tertiary/aromatic N) is 1. The summed E-state index contributed by atoms with van der Waals surface area (Å²) in [7, 11) is 1.50. The van der Waals surface area contributed by atoms with Gasteiger partial charge in [0, 0.05) is 16.9 Å². The van der Waals surface area contributed by atoms with Crippen molar-refractivity contribution in [2.45, 2.75) is 19.3 Å². The number of H-pyrrole nitrogens is 1. The first-order valence-corrected chi connectivity index (χ1v) is 8.56. The van der Waals surface area contributed by atoms with Crippen LogP contribution in [0, 0.1) is 0 Å². The molecule has 0 bridgehead atoms. The number of fused-ring (bicyclic) bond motifs is 1. The molecular formula is C19H18N4O4. The second-order valence-corrected chi connectivity index (χ2v) is 6.18. The number of furan rings is 1. The number of benzene rings is 1. The number of hydrogen-bond donors (Lipinski definition) is 3. The van der Waals surface area contributed by atoms with E-state index in [1.54, 1.807) is 30.3 Å². The zero-order valence-corrected chi connectivity index (χ0v) is 14.7. The van der Waals surface area contributed by atoms with E-state index in [1.165, 1.54) is 13.4 Å². The van der Waals surface area contributed by atoms with Crippen LogP contribution in [0.4, 0.5) is 11.4 Å². The lowest BCUT2D eigenvalue weighted by Gasteiger charge is -2.12. The number of aromatic amines is 1. The molecule has 1 aliphatic rings. The highest BCUT2D eigenvalue weighted by molar-refractivity contribution is 6.06. The fourth-order valence-corrected chi connectivity index (χ4v) is 3.17. The lowest BCUT2D eigenvalue weighted by Crippen LogP contribution is -2.15. The number of aryl methyl sites for hydroxylation is 1. The van der Waals surface area contributed by atoms with E-state index in [0.717, 1.165) is 30.5 Å². The molecular weight excluding hydrogens is 348 g/mol. The van der Waals surface area contributed by atoms with Crippen LogP contribution in [0.3, 0.4) is 0 Å². The summed E-state index contributed by atoms with van der Waals surface area (Å²) in [4.78, 5) is 24.8. The maximum atomic E-state index is 12.6. The second kappa shape index (κ2) is 6.99. The molecule has 1 aromatic carbocycles. The van der Waals surface area contributed by atoms with Crippen molar-refractivity contribution in [2.24, 2.45) is 0 Å². The van der Waals surface area contributed by atoms with E-state index in [9.17, 15) is 9.59 Å². The van der Waals surface area contributed by atoms with Gasteiger partial charge >= 0.3 is 0 Å². The maximum Gasteiger partial charge on any atom is 0.291 e. The third kappa shape index (κ3) is 3.29. The number of anilines is 2. The topological polar surface area (TPSA) is 109 Å². The summed E-state index contributed by atoms with van der Waals surface area (Å²) in [5.41, 5.74) is 3.36. The number of hydrogen-bond acceptors (Lipinski definition) is 5. The van der Waals surface area contributed by atoms with Gasteiger partial charge in [-0.15, -0.1) is 0 Å². The summed E-state index contributed by atoms with van der Waals surface area (Å²) < 4.78 is 10.4. The van der Waals surface area contributed by atoms with Crippen molar-refractivity contribution < 1.29 is 18.7 Å². The van der Waals surface area contributed by atoms with Gasteiger partial charge in [0.15, 0.2) is 11.5 Å². The van der Waals surface area contributed by atoms with Gasteiger partial charge in [-0.1, -0.05) is 0 Å². The van der Waals surface area contributed by atoms with Crippen LogP contribution >= 0.6 is 0 Å². The highest BCUT2D eigenvalue weighted by Crippen LogP contribution is 2.29. The Kier molecular flexibility index (Phi) is 4.37. The molecule has 138 valence electrons. The van der Waals surface area contributed by atoms with Crippen LogP contribution in [0.5, 0.6) is 5.75 Å². The largest absolute Gasteiger partial charge is 0.495 e. The Balaban J connectivity index is 1.54. The lowest BCUT2D eigenvalue weighted by molar-refractivity contribution is 0.0994. The van der Waals surface area contributed by atoms with E-state index >= 15 is 0 Å². The first-order chi connectivity index (χ1) is 13.2. The Morgan fingerprint density at radius 2 is 2.07 bits per heavy atom. The van der Waals surface area contributed by atoms with Gasteiger partial charge in [0.1, 0.15) is 5.75 Å². The molecule has 8 heteroatoms. The zero-order chi connectivity index (χ0) is 18.8. The number of methoxy groups -OCH3 is 1. The van der Waals surface area contributed by atoms with Crippen LogP contribution in [0.25, 0.3) is 0 Å². The van der Waals surface area contributed by atoms with E-state index in [2.05, 4.69) is 20.8 Å². The average Bonchev–Trinajstić information content (AvgIpc) is 3.39. The van der Waals surface area contributed by atoms with E-state index in [0.29, 0.717) is 22.8 Å². The summed E-state index contributed by atoms with van der Waals surface area (Å²) in [5.74, 6) is -0.0538. The predicted octanol–water partition coefficient (Wildman–Crippen LogP) is 3.00. The van der Waals surface area contributed by atoms with E-state index in [1.807, 2.05) is 0 Å². The number of carbonyl (C=O) groups is 2. The minimum Gasteiger partial charge on any atom is -0.495 e. The van der Waals surface area contributed by atoms with Crippen LogP contribution in [0.15, 0.2) is 41.0 Å². The Morgan fingerprint density at radius 1 is 1.19 bits per heavy atom. The van der Waals surface area contributed by atoms with Gasteiger partial charge in [-0.3, -0.25) is 14.7 Å². The van der Waals surface area contributed by atoms with Crippen LogP contribution in [-0.4, -0.2) is 29.1 Å². The van der Waals surface area contributed by atoms with E-state index < -0.39 is 5.91 Å². The number of amides is 2. The molecule has 3 aromatic rings. The standard InChI is InChI=1S/C19H18N4O4/c1-26-15-8-7-11(10-14(15)21-18(24)16-6-3-9-27-16)20-19(25)17-12-4-2-5-13(12)22-23-17/h3,6-10H,2,4-5H2,1H3,(H,20,25)(H,21,24)(H,22,23). The molecule has 1 aliphatic carbocycles. The Labute approximate surface area is 154 Å². The number of nitrogens with one attached hydrogen (secondary N) is 3. The van der Waals surface area contributed by atoms with Gasteiger partial charge in [-0.05, 0) is 49.6 Å². The highest BCUT2D eigenvalue weighted by Gasteiger charge is 2.23. The molecule has 2 amide bonds. The highest BCUT2D eigenvalue weighted by atomic mass is 16.5. The van der Waals surface area contributed by atoms with Crippen molar-refractivity contribution in [3.63, 3.8) is 0 Å². The molecule has 4 rings (SSSR count). The average molecular weight is 366 g/mol. The fraction of sp³-hybridized carbons (Fsp3) is 0.211. The number of rotatable bonds is 5. The molecule has 0 spiro atoms. The summed E-state index contributed by atoms with van der Waals surface area (Å²) in [6.45, 7) is 0. The molecule has 0 fully saturated rings. The van der Waals surface area contributed by atoms with Gasteiger partial charge in [-0.2, -0.15) is 5.10 Å². The second-order valence-electron chi connectivity index (χ2n) is 6.18. The monoisotopic (exact) mass is 366 g/mol. The SMILES string of the molecule is COc1ccc(NC(=O)c2n[nH]c3c2CCC3)cc1NC(=O)c1ccco1. The van der Waals surface area contributed by atoms with Crippen LogP contribution in [0.1, 0.15) is 38.7 Å². The summed E-state index contributed by atoms with van der Waals surface area (Å²) in [5, 5.41) is 12.6. The van der Waals surface area contributed by atoms with Crippen LogP contribution in [-0.2, 0) is 12.8 Å². The maximum absolute atomic E-state index is 12.6. The third-order valence-corrected chi connectivity index (χ3v) is 4.47. The molecule has 3 N–H and O–H groups in total. The van der Waals surface area contributed by atoms with Crippen molar-refractivity contribution in [3.8, 4) is 5.75 Å². The minimum atomic E-state index is -0.410. The third-order valence-electron chi connectivity index (χ3n) is 4.47. The Morgan fingerprint density at radius 3 is 2.85 bits per heavy atom. The smallest absolute Gasteiger partial charge is 0.291 e. The molecule has 0 saturated carbocycles. The van der Waals surface area contributed by atoms with Crippen molar-refractivity contribution in [1.82, 2.24) is 10.2 Å². The van der Waals surface area contributed by atoms with Gasteiger partial charge in [0.2, 0.25) is 0 Å². The van der Waals surface area contributed by atoms with Crippen molar-refractivity contribution in [1.29, 1.82) is 0 Å². The Bertz CT molecular complexity index is 991. The van der Waals surface area contributed by atoms with Crippen molar-refractivity contribution in [2.75, 3.05) is 17.7 Å². The normalized spacial score (nSPS) is 12.5. The molecule has 0 aliphatic heterocycles. The van der Waals surface area contributed by atoms with Crippen LogP contribution < -0.4 is 15.4 Å². The molecule has 2 aromatic heterocycles. The van der Waals surface area contributed by atoms with Gasteiger partial charge < -0.3 is 19.8 Å². The van der Waals surface area contributed by atoms with Gasteiger partial charge in [0.25, 0.3) is 11.8 Å². The first kappa shape index (κ1) is 16.9. The molecule has 2 heterocycles. The molecule has 0 radical (unpaired) electrons. The molecule has 0 saturated heterocycles. The van der Waals surface area contributed by atoms with E-state index in [4.69, 9.17) is 9.15 Å². The summed E-state index contributed by atoms with van der Waals surface area (Å²) in [6, 6.07) is 8.19. The van der Waals surface area contributed by atoms with Gasteiger partial charge in [-0.25, -0.2) is 0 Å². The number of aromatic nitrogens is 2. The fourth-order valence-electron chi connectivity index (χ4n) is 3.17. The number of carbonyl (C=O) groups excluding carboxylic acids is 2. The Hall–Kier alpha value is -3.55. The molecule has 0 atom stereocenters. The minimum absolute atomic E-state index is 0.179. The van der Waals surface area contributed by atoms with Crippen molar-refractivity contribution >= 4 is 23.2 Å². The summed E-state index contributed by atoms with van der Waals surface area (Å²) in [6.07, 6.45) is 4.21. The first-order valence-electron chi connectivity index (χ1n) is 8.56. The molecule has 8 nitrogen and oxygen atoms in total. The summed E-state index contributed by atoms with van der Waals surface area (Å²) >= 11 is 0. The van der Waals surface area contributed by atoms with E-state index in [-0.39, 0.29) is 11.7 Å². The number of ether oxygens (including phenoxy) is 1. The lowest BCUT2D eigenvalue weighted by atomic mass is 10.2. The van der Waals surface area contributed by atoms with Gasteiger partial charge in [0.05, 0.1) is 19.1 Å².